The van der Waals surface area contributed by atoms with Gasteiger partial charge in [-0.15, -0.1) is 0 Å². The molecule has 0 aliphatic heterocycles. The number of aliphatic hydroxyl groups is 1. The predicted octanol–water partition coefficient (Wildman–Crippen LogP) is 1.85. The summed E-state index contributed by atoms with van der Waals surface area (Å²) < 4.78 is 24.7. The molecule has 1 saturated carbocycles. The molecule has 0 aromatic carbocycles. The number of halogens is 2. The quantitative estimate of drug-likeness (QED) is 0.660. The van der Waals surface area contributed by atoms with E-state index in [4.69, 9.17) is 5.11 Å². The van der Waals surface area contributed by atoms with Gasteiger partial charge in [0.1, 0.15) is 0 Å². The third kappa shape index (κ3) is 1.89. The zero-order valence-corrected chi connectivity index (χ0v) is 6.52. The van der Waals surface area contributed by atoms with Crippen molar-refractivity contribution in [3.05, 3.63) is 0 Å². The SMILES string of the molecule is OC1CCC(CF)(CF)CC1. The van der Waals surface area contributed by atoms with Crippen molar-refractivity contribution in [3.8, 4) is 0 Å². The molecule has 66 valence electrons. The summed E-state index contributed by atoms with van der Waals surface area (Å²) in [4.78, 5) is 0. The average molecular weight is 164 g/mol. The van der Waals surface area contributed by atoms with Gasteiger partial charge in [-0.3, -0.25) is 8.78 Å². The van der Waals surface area contributed by atoms with Gasteiger partial charge in [-0.2, -0.15) is 0 Å². The molecule has 0 aromatic rings. The van der Waals surface area contributed by atoms with Gasteiger partial charge in [0.2, 0.25) is 0 Å². The normalized spacial score (nSPS) is 25.4. The van der Waals surface area contributed by atoms with E-state index in [1.165, 1.54) is 0 Å². The number of alkyl halides is 2. The van der Waals surface area contributed by atoms with Gasteiger partial charge in [-0.05, 0) is 25.7 Å². The lowest BCUT2D eigenvalue weighted by Gasteiger charge is -2.33. The topological polar surface area (TPSA) is 20.2 Å². The second-order valence-corrected chi connectivity index (χ2v) is 3.50. The molecule has 0 radical (unpaired) electrons. The Balaban J connectivity index is 2.45. The van der Waals surface area contributed by atoms with Crippen LogP contribution in [0.25, 0.3) is 0 Å². The molecule has 3 heteroatoms. The highest BCUT2D eigenvalue weighted by molar-refractivity contribution is 4.84. The minimum atomic E-state index is -0.751. The van der Waals surface area contributed by atoms with Gasteiger partial charge in [0.25, 0.3) is 0 Å². The second-order valence-electron chi connectivity index (χ2n) is 3.50. The lowest BCUT2D eigenvalue weighted by molar-refractivity contribution is 0.0312. The van der Waals surface area contributed by atoms with Crippen molar-refractivity contribution in [1.29, 1.82) is 0 Å². The Kier molecular flexibility index (Phi) is 2.82. The number of hydrogen-bond donors (Lipinski definition) is 1. The summed E-state index contributed by atoms with van der Waals surface area (Å²) in [5.74, 6) is 0. The molecule has 0 spiro atoms. The van der Waals surface area contributed by atoms with Crippen LogP contribution in [0.15, 0.2) is 0 Å². The molecule has 0 amide bonds. The van der Waals surface area contributed by atoms with E-state index < -0.39 is 18.8 Å². The van der Waals surface area contributed by atoms with Crippen LogP contribution < -0.4 is 0 Å². The first kappa shape index (κ1) is 8.91. The highest BCUT2D eigenvalue weighted by Crippen LogP contribution is 2.37. The van der Waals surface area contributed by atoms with E-state index in [0.717, 1.165) is 0 Å². The van der Waals surface area contributed by atoms with Crippen molar-refractivity contribution in [3.63, 3.8) is 0 Å². The third-order valence-electron chi connectivity index (χ3n) is 2.58. The molecule has 0 atom stereocenters. The summed E-state index contributed by atoms with van der Waals surface area (Å²) in [5.41, 5.74) is -0.751. The van der Waals surface area contributed by atoms with Crippen LogP contribution in [0.1, 0.15) is 25.7 Å². The molecule has 1 aliphatic rings. The molecule has 0 saturated heterocycles. The Morgan fingerprint density at radius 2 is 1.64 bits per heavy atom. The minimum absolute atomic E-state index is 0.332. The van der Waals surface area contributed by atoms with Crippen LogP contribution in [0.5, 0.6) is 0 Å². The fourth-order valence-corrected chi connectivity index (χ4v) is 1.52. The zero-order valence-electron chi connectivity index (χ0n) is 6.52. The summed E-state index contributed by atoms with van der Waals surface area (Å²) >= 11 is 0. The molecule has 11 heavy (non-hydrogen) atoms. The summed E-state index contributed by atoms with van der Waals surface area (Å²) in [7, 11) is 0. The van der Waals surface area contributed by atoms with Crippen molar-refractivity contribution >= 4 is 0 Å². The van der Waals surface area contributed by atoms with E-state index >= 15 is 0 Å². The smallest absolute Gasteiger partial charge is 0.0975 e. The van der Waals surface area contributed by atoms with Crippen LogP contribution >= 0.6 is 0 Å². The van der Waals surface area contributed by atoms with Crippen LogP contribution in [0.2, 0.25) is 0 Å². The first-order chi connectivity index (χ1) is 5.22. The Bertz CT molecular complexity index is 113. The van der Waals surface area contributed by atoms with Crippen LogP contribution in [0, 0.1) is 5.41 Å². The van der Waals surface area contributed by atoms with Crippen LogP contribution in [0.4, 0.5) is 8.78 Å². The standard InChI is InChI=1S/C8H14F2O/c9-5-8(6-10)3-1-7(11)2-4-8/h7,11H,1-6H2. The third-order valence-corrected chi connectivity index (χ3v) is 2.58. The summed E-state index contributed by atoms with van der Waals surface area (Å²) in [5, 5.41) is 9.09. The Morgan fingerprint density at radius 3 is 2.00 bits per heavy atom. The molecular formula is C8H14F2O. The summed E-state index contributed by atoms with van der Waals surface area (Å²) in [6.45, 7) is -1.17. The van der Waals surface area contributed by atoms with Crippen molar-refractivity contribution in [1.82, 2.24) is 0 Å². The summed E-state index contributed by atoms with van der Waals surface area (Å²) in [6, 6.07) is 0. The number of hydrogen-bond acceptors (Lipinski definition) is 1. The average Bonchev–Trinajstić information content (AvgIpc) is 2.07. The summed E-state index contributed by atoms with van der Waals surface area (Å²) in [6.07, 6.45) is 1.74. The molecule has 0 bridgehead atoms. The van der Waals surface area contributed by atoms with Gasteiger partial charge in [0.15, 0.2) is 0 Å². The molecule has 0 aromatic heterocycles. The van der Waals surface area contributed by atoms with Gasteiger partial charge in [-0.1, -0.05) is 0 Å². The van der Waals surface area contributed by atoms with Crippen LogP contribution in [-0.2, 0) is 0 Å². The molecular weight excluding hydrogens is 150 g/mol. The maximum Gasteiger partial charge on any atom is 0.0975 e. The maximum absolute atomic E-state index is 12.3. The molecule has 1 rings (SSSR count). The zero-order chi connectivity index (χ0) is 8.32. The van der Waals surface area contributed by atoms with E-state index in [1.807, 2.05) is 0 Å². The maximum atomic E-state index is 12.3. The van der Waals surface area contributed by atoms with Gasteiger partial charge < -0.3 is 5.11 Å². The fourth-order valence-electron chi connectivity index (χ4n) is 1.52. The molecule has 0 heterocycles. The largest absolute Gasteiger partial charge is 0.393 e. The predicted molar refractivity (Wildman–Crippen MR) is 38.9 cm³/mol. The number of aliphatic hydroxyl groups excluding tert-OH is 1. The van der Waals surface area contributed by atoms with Gasteiger partial charge in [0, 0.05) is 5.41 Å². The van der Waals surface area contributed by atoms with Gasteiger partial charge in [0.05, 0.1) is 19.5 Å². The fraction of sp³-hybridized carbons (Fsp3) is 1.00. The Labute approximate surface area is 65.4 Å². The van der Waals surface area contributed by atoms with E-state index in [0.29, 0.717) is 25.7 Å². The van der Waals surface area contributed by atoms with Crippen molar-refractivity contribution in [2.45, 2.75) is 31.8 Å². The molecule has 1 N–H and O–H groups in total. The van der Waals surface area contributed by atoms with Crippen LogP contribution in [-0.4, -0.2) is 24.6 Å². The second kappa shape index (κ2) is 3.48. The molecule has 1 nitrogen and oxygen atoms in total. The van der Waals surface area contributed by atoms with Crippen molar-refractivity contribution in [2.24, 2.45) is 5.41 Å². The lowest BCUT2D eigenvalue weighted by atomic mass is 9.75. The monoisotopic (exact) mass is 164 g/mol. The van der Waals surface area contributed by atoms with Crippen molar-refractivity contribution in [2.75, 3.05) is 13.3 Å². The van der Waals surface area contributed by atoms with E-state index in [2.05, 4.69) is 0 Å². The molecule has 1 fully saturated rings. The molecule has 1 aliphatic carbocycles. The first-order valence-electron chi connectivity index (χ1n) is 4.02. The van der Waals surface area contributed by atoms with E-state index in [9.17, 15) is 8.78 Å². The van der Waals surface area contributed by atoms with Crippen molar-refractivity contribution < 1.29 is 13.9 Å². The highest BCUT2D eigenvalue weighted by atomic mass is 19.1. The number of rotatable bonds is 2. The van der Waals surface area contributed by atoms with E-state index in [1.54, 1.807) is 0 Å². The minimum Gasteiger partial charge on any atom is -0.393 e. The lowest BCUT2D eigenvalue weighted by Crippen LogP contribution is -2.33. The van der Waals surface area contributed by atoms with E-state index in [-0.39, 0.29) is 6.10 Å². The molecule has 0 unspecified atom stereocenters. The Hall–Kier alpha value is -0.180. The first-order valence-corrected chi connectivity index (χ1v) is 4.02. The highest BCUT2D eigenvalue weighted by Gasteiger charge is 2.34. The van der Waals surface area contributed by atoms with Gasteiger partial charge >= 0.3 is 0 Å². The Morgan fingerprint density at radius 1 is 1.18 bits per heavy atom. The van der Waals surface area contributed by atoms with Gasteiger partial charge in [-0.25, -0.2) is 0 Å². The van der Waals surface area contributed by atoms with Crippen LogP contribution in [0.3, 0.4) is 0 Å².